The first-order valence-corrected chi connectivity index (χ1v) is 8.01. The van der Waals surface area contributed by atoms with E-state index in [1.54, 1.807) is 18.2 Å². The summed E-state index contributed by atoms with van der Waals surface area (Å²) in [6.07, 6.45) is 1.22. The van der Waals surface area contributed by atoms with Gasteiger partial charge in [-0.05, 0) is 24.3 Å². The molecule has 122 valence electrons. The first kappa shape index (κ1) is 16.6. The van der Waals surface area contributed by atoms with Crippen molar-refractivity contribution >= 4 is 16.2 Å². The largest absolute Gasteiger partial charge is 0.507 e. The molecular weight excluding hydrogens is 320 g/mol. The molecule has 0 saturated carbocycles. The van der Waals surface area contributed by atoms with Crippen LogP contribution in [0.4, 0.5) is 0 Å². The van der Waals surface area contributed by atoms with E-state index in [9.17, 15) is 13.5 Å². The molecule has 2 aromatic rings. The highest BCUT2D eigenvalue weighted by atomic mass is 32.2. The molecule has 2 rings (SSSR count). The molecule has 0 fully saturated rings. The van der Waals surface area contributed by atoms with Gasteiger partial charge in [-0.3, -0.25) is 0 Å². The van der Waals surface area contributed by atoms with E-state index in [-0.39, 0.29) is 10.6 Å². The van der Waals surface area contributed by atoms with Crippen molar-refractivity contribution in [3.8, 4) is 17.2 Å². The van der Waals surface area contributed by atoms with Gasteiger partial charge >= 0.3 is 0 Å². The number of phenolic OH excluding ortho intramolecular Hbond substituents is 1. The van der Waals surface area contributed by atoms with Gasteiger partial charge in [0.1, 0.15) is 5.75 Å². The van der Waals surface area contributed by atoms with Crippen LogP contribution in [-0.4, -0.2) is 34.0 Å². The molecule has 0 saturated heterocycles. The molecule has 0 unspecified atom stereocenters. The number of benzene rings is 2. The monoisotopic (exact) mass is 336 g/mol. The Balaban J connectivity index is 2.21. The molecule has 0 aliphatic carbocycles. The predicted octanol–water partition coefficient (Wildman–Crippen LogP) is 1.72. The Morgan fingerprint density at radius 2 is 1.78 bits per heavy atom. The topological polar surface area (TPSA) is 97.2 Å². The fraction of sp³-hybridized carbons (Fsp3) is 0.133. The number of para-hydroxylation sites is 1. The standard InChI is InChI=1S/C15H16N2O5S/c1-21-14-8-7-12(9-15(14)22-2)23(19,20)17-16-10-11-5-3-4-6-13(11)18/h3-10,17-18H,1-2H3/b16-10-. The fourth-order valence-corrected chi connectivity index (χ4v) is 2.60. The number of nitrogens with one attached hydrogen (secondary N) is 1. The quantitative estimate of drug-likeness (QED) is 0.618. The van der Waals surface area contributed by atoms with Crippen molar-refractivity contribution in [3.05, 3.63) is 48.0 Å². The van der Waals surface area contributed by atoms with Crippen LogP contribution in [0.15, 0.2) is 52.5 Å². The van der Waals surface area contributed by atoms with E-state index in [1.807, 2.05) is 0 Å². The van der Waals surface area contributed by atoms with Crippen LogP contribution < -0.4 is 14.3 Å². The second-order valence-electron chi connectivity index (χ2n) is 4.43. The lowest BCUT2D eigenvalue weighted by molar-refractivity contribution is 0.354. The Kier molecular flexibility index (Phi) is 5.07. The van der Waals surface area contributed by atoms with Gasteiger partial charge in [0, 0.05) is 11.6 Å². The highest BCUT2D eigenvalue weighted by Crippen LogP contribution is 2.29. The smallest absolute Gasteiger partial charge is 0.276 e. The summed E-state index contributed by atoms with van der Waals surface area (Å²) in [5.41, 5.74) is 0.391. The van der Waals surface area contributed by atoms with Gasteiger partial charge in [0.2, 0.25) is 0 Å². The van der Waals surface area contributed by atoms with Gasteiger partial charge < -0.3 is 14.6 Å². The molecule has 0 aliphatic rings. The first-order chi connectivity index (χ1) is 11.0. The molecule has 8 heteroatoms. The van der Waals surface area contributed by atoms with Gasteiger partial charge in [0.05, 0.1) is 25.3 Å². The number of rotatable bonds is 6. The summed E-state index contributed by atoms with van der Waals surface area (Å²) in [5, 5.41) is 13.2. The Labute approximate surface area is 134 Å². The third kappa shape index (κ3) is 3.92. The van der Waals surface area contributed by atoms with Crippen molar-refractivity contribution in [2.75, 3.05) is 14.2 Å². The summed E-state index contributed by atoms with van der Waals surface area (Å²) in [6, 6.07) is 10.6. The van der Waals surface area contributed by atoms with Crippen LogP contribution in [0.3, 0.4) is 0 Å². The van der Waals surface area contributed by atoms with Crippen LogP contribution in [0.25, 0.3) is 0 Å². The van der Waals surface area contributed by atoms with Crippen molar-refractivity contribution in [2.45, 2.75) is 4.90 Å². The molecule has 0 spiro atoms. The Morgan fingerprint density at radius 1 is 1.09 bits per heavy atom. The number of hydrogen-bond donors (Lipinski definition) is 2. The number of hydrazone groups is 1. The molecule has 2 N–H and O–H groups in total. The number of aromatic hydroxyl groups is 1. The predicted molar refractivity (Wildman–Crippen MR) is 85.6 cm³/mol. The minimum Gasteiger partial charge on any atom is -0.507 e. The van der Waals surface area contributed by atoms with E-state index in [4.69, 9.17) is 9.47 Å². The van der Waals surface area contributed by atoms with Gasteiger partial charge in [0.25, 0.3) is 10.0 Å². The maximum Gasteiger partial charge on any atom is 0.276 e. The maximum atomic E-state index is 12.2. The van der Waals surface area contributed by atoms with E-state index >= 15 is 0 Å². The van der Waals surface area contributed by atoms with E-state index in [0.29, 0.717) is 17.1 Å². The van der Waals surface area contributed by atoms with E-state index < -0.39 is 10.0 Å². The van der Waals surface area contributed by atoms with Crippen LogP contribution >= 0.6 is 0 Å². The number of ether oxygens (including phenoxy) is 2. The van der Waals surface area contributed by atoms with Gasteiger partial charge in [-0.25, -0.2) is 4.83 Å². The molecule has 23 heavy (non-hydrogen) atoms. The fourth-order valence-electron chi connectivity index (χ4n) is 1.80. The van der Waals surface area contributed by atoms with Crippen molar-refractivity contribution in [1.82, 2.24) is 4.83 Å². The van der Waals surface area contributed by atoms with Crippen molar-refractivity contribution in [1.29, 1.82) is 0 Å². The molecule has 0 amide bonds. The van der Waals surface area contributed by atoms with Gasteiger partial charge in [-0.2, -0.15) is 13.5 Å². The van der Waals surface area contributed by atoms with Crippen LogP contribution in [0.5, 0.6) is 17.2 Å². The highest BCUT2D eigenvalue weighted by Gasteiger charge is 2.16. The van der Waals surface area contributed by atoms with Gasteiger partial charge in [-0.1, -0.05) is 12.1 Å². The maximum absolute atomic E-state index is 12.2. The zero-order valence-electron chi connectivity index (χ0n) is 12.6. The summed E-state index contributed by atoms with van der Waals surface area (Å²) in [5.74, 6) is 0.714. The van der Waals surface area contributed by atoms with Crippen molar-refractivity contribution in [3.63, 3.8) is 0 Å². The lowest BCUT2D eigenvalue weighted by Gasteiger charge is -2.09. The minimum atomic E-state index is -3.87. The van der Waals surface area contributed by atoms with Crippen LogP contribution in [0, 0.1) is 0 Å². The molecular formula is C15H16N2O5S. The number of nitrogens with zero attached hydrogens (tertiary/aromatic N) is 1. The normalized spacial score (nSPS) is 11.4. The number of phenols is 1. The third-order valence-corrected chi connectivity index (χ3v) is 4.20. The molecule has 0 radical (unpaired) electrons. The molecule has 7 nitrogen and oxygen atoms in total. The zero-order valence-corrected chi connectivity index (χ0v) is 13.4. The summed E-state index contributed by atoms with van der Waals surface area (Å²) in [6.45, 7) is 0. The number of hydrogen-bond acceptors (Lipinski definition) is 6. The molecule has 2 aromatic carbocycles. The summed E-state index contributed by atoms with van der Waals surface area (Å²) < 4.78 is 34.5. The van der Waals surface area contributed by atoms with E-state index in [1.165, 1.54) is 44.7 Å². The molecule has 0 bridgehead atoms. The lowest BCUT2D eigenvalue weighted by Crippen LogP contribution is -2.18. The second kappa shape index (κ2) is 7.01. The SMILES string of the molecule is COc1ccc(S(=O)(=O)N/N=C\c2ccccc2O)cc1OC. The third-order valence-electron chi connectivity index (χ3n) is 2.98. The Bertz CT molecular complexity index is 818. The number of sulfonamides is 1. The van der Waals surface area contributed by atoms with Gasteiger partial charge in [0.15, 0.2) is 11.5 Å². The summed E-state index contributed by atoms with van der Waals surface area (Å²) in [4.78, 5) is 2.05. The average molecular weight is 336 g/mol. The molecule has 0 aliphatic heterocycles. The summed E-state index contributed by atoms with van der Waals surface area (Å²) in [7, 11) is -0.992. The highest BCUT2D eigenvalue weighted by molar-refractivity contribution is 7.89. The van der Waals surface area contributed by atoms with E-state index in [0.717, 1.165) is 0 Å². The lowest BCUT2D eigenvalue weighted by atomic mass is 10.2. The average Bonchev–Trinajstić information content (AvgIpc) is 2.55. The van der Waals surface area contributed by atoms with E-state index in [2.05, 4.69) is 9.93 Å². The van der Waals surface area contributed by atoms with Crippen LogP contribution in [0.2, 0.25) is 0 Å². The second-order valence-corrected chi connectivity index (χ2v) is 6.09. The molecule has 0 atom stereocenters. The summed E-state index contributed by atoms with van der Waals surface area (Å²) >= 11 is 0. The minimum absolute atomic E-state index is 0.00145. The van der Waals surface area contributed by atoms with Crippen molar-refractivity contribution in [2.24, 2.45) is 5.10 Å². The first-order valence-electron chi connectivity index (χ1n) is 6.53. The molecule has 0 aromatic heterocycles. The van der Waals surface area contributed by atoms with Crippen LogP contribution in [-0.2, 0) is 10.0 Å². The van der Waals surface area contributed by atoms with Gasteiger partial charge in [-0.15, -0.1) is 0 Å². The van der Waals surface area contributed by atoms with Crippen LogP contribution in [0.1, 0.15) is 5.56 Å². The number of methoxy groups -OCH3 is 2. The Morgan fingerprint density at radius 3 is 2.43 bits per heavy atom. The van der Waals surface area contributed by atoms with Crippen molar-refractivity contribution < 1.29 is 23.0 Å². The Hall–Kier alpha value is -2.74. The zero-order chi connectivity index (χ0) is 16.9. The molecule has 0 heterocycles.